The van der Waals surface area contributed by atoms with Gasteiger partial charge in [0.2, 0.25) is 0 Å². The van der Waals surface area contributed by atoms with Crippen LogP contribution in [0.3, 0.4) is 0 Å². The highest BCUT2D eigenvalue weighted by atomic mass is 35.5. The lowest BCUT2D eigenvalue weighted by molar-refractivity contribution is 0.200. The maximum atomic E-state index is 10.9. The van der Waals surface area contributed by atoms with E-state index in [1.54, 1.807) is 0 Å². The van der Waals surface area contributed by atoms with Crippen LogP contribution in [0.15, 0.2) is 12.1 Å². The summed E-state index contributed by atoms with van der Waals surface area (Å²) in [4.78, 5) is 14.7. The second kappa shape index (κ2) is 4.66. The summed E-state index contributed by atoms with van der Waals surface area (Å²) in [6.45, 7) is 0. The van der Waals surface area contributed by atoms with E-state index in [2.05, 4.69) is 10.3 Å². The molecule has 1 heterocycles. The van der Waals surface area contributed by atoms with Crippen LogP contribution in [0.1, 0.15) is 0 Å². The maximum Gasteiger partial charge on any atom is 0.412 e. The number of carbonyl (C=O) groups excluding carboxylic acids is 1. The molecule has 1 aromatic rings. The van der Waals surface area contributed by atoms with Crippen molar-refractivity contribution in [3.63, 3.8) is 0 Å². The predicted octanol–water partition coefficient (Wildman–Crippen LogP) is 1.46. The van der Waals surface area contributed by atoms with Crippen molar-refractivity contribution in [2.24, 2.45) is 0 Å². The van der Waals surface area contributed by atoms with E-state index in [9.17, 15) is 4.79 Å². The molecule has 0 aliphatic carbocycles. The number of hydrogen-bond acceptors (Lipinski definition) is 4. The molecule has 1 aromatic heterocycles. The highest BCUT2D eigenvalue weighted by Gasteiger charge is 2.10. The third-order valence-electron chi connectivity index (χ3n) is 1.39. The van der Waals surface area contributed by atoms with Crippen molar-refractivity contribution in [2.45, 2.75) is 0 Å². The van der Waals surface area contributed by atoms with Crippen molar-refractivity contribution in [3.05, 3.63) is 17.3 Å². The first-order valence-electron chi connectivity index (χ1n) is 3.77. The summed E-state index contributed by atoms with van der Waals surface area (Å²) in [7, 11) is 2.87. The van der Waals surface area contributed by atoms with Gasteiger partial charge in [-0.05, 0) is 12.1 Å². The van der Waals surface area contributed by atoms with Crippen molar-refractivity contribution in [2.75, 3.05) is 14.2 Å². The highest BCUT2D eigenvalue weighted by molar-refractivity contribution is 6.29. The molecular weight excluding hydrogens is 208 g/mol. The molecule has 1 amide bonds. The summed E-state index contributed by atoms with van der Waals surface area (Å²) in [5.74, 6) is 0.386. The minimum atomic E-state index is -0.590. The molecule has 0 spiro atoms. The van der Waals surface area contributed by atoms with Gasteiger partial charge in [-0.1, -0.05) is 11.6 Å². The standard InChI is InChI=1S/C8H9ClN2O3/c1-10-8(12)14-5-3-4-6(9)11-7(5)13-2/h3-4H,1-2H3,(H,10,12). The van der Waals surface area contributed by atoms with Crippen LogP contribution in [-0.4, -0.2) is 25.2 Å². The Kier molecular flexibility index (Phi) is 3.53. The zero-order chi connectivity index (χ0) is 10.6. The summed E-state index contributed by atoms with van der Waals surface area (Å²) >= 11 is 5.62. The van der Waals surface area contributed by atoms with Gasteiger partial charge < -0.3 is 14.8 Å². The number of hydrogen-bond donors (Lipinski definition) is 1. The number of aromatic nitrogens is 1. The molecule has 5 nitrogen and oxygen atoms in total. The molecule has 6 heteroatoms. The van der Waals surface area contributed by atoms with Gasteiger partial charge in [-0.15, -0.1) is 0 Å². The number of rotatable bonds is 2. The molecule has 14 heavy (non-hydrogen) atoms. The SMILES string of the molecule is CNC(=O)Oc1ccc(Cl)nc1OC. The Bertz CT molecular complexity index is 343. The van der Waals surface area contributed by atoms with E-state index in [-0.39, 0.29) is 16.8 Å². The van der Waals surface area contributed by atoms with E-state index in [1.165, 1.54) is 26.3 Å². The van der Waals surface area contributed by atoms with Crippen molar-refractivity contribution < 1.29 is 14.3 Å². The lowest BCUT2D eigenvalue weighted by Gasteiger charge is -2.07. The Morgan fingerprint density at radius 2 is 2.29 bits per heavy atom. The molecule has 0 radical (unpaired) electrons. The van der Waals surface area contributed by atoms with Crippen molar-refractivity contribution in [3.8, 4) is 11.6 Å². The fourth-order valence-electron chi connectivity index (χ4n) is 0.780. The molecule has 0 atom stereocenters. The van der Waals surface area contributed by atoms with Crippen LogP contribution in [-0.2, 0) is 0 Å². The molecule has 0 bridgehead atoms. The van der Waals surface area contributed by atoms with E-state index < -0.39 is 6.09 Å². The minimum Gasteiger partial charge on any atom is -0.478 e. The number of nitrogens with zero attached hydrogens (tertiary/aromatic N) is 1. The molecule has 76 valence electrons. The zero-order valence-electron chi connectivity index (χ0n) is 7.70. The van der Waals surface area contributed by atoms with Crippen molar-refractivity contribution in [1.29, 1.82) is 0 Å². The number of amides is 1. The number of pyridine rings is 1. The van der Waals surface area contributed by atoms with E-state index in [0.717, 1.165) is 0 Å². The molecule has 0 aromatic carbocycles. The smallest absolute Gasteiger partial charge is 0.412 e. The number of ether oxygens (including phenoxy) is 2. The first-order chi connectivity index (χ1) is 6.67. The van der Waals surface area contributed by atoms with Crippen LogP contribution in [0.2, 0.25) is 5.15 Å². The third-order valence-corrected chi connectivity index (χ3v) is 1.60. The molecule has 0 unspecified atom stereocenters. The fraction of sp³-hybridized carbons (Fsp3) is 0.250. The first kappa shape index (κ1) is 10.6. The molecule has 0 fully saturated rings. The Balaban J connectivity index is 2.90. The first-order valence-corrected chi connectivity index (χ1v) is 4.15. The molecule has 0 saturated carbocycles. The van der Waals surface area contributed by atoms with E-state index >= 15 is 0 Å². The number of methoxy groups -OCH3 is 1. The van der Waals surface area contributed by atoms with Crippen LogP contribution in [0.4, 0.5) is 4.79 Å². The van der Waals surface area contributed by atoms with Gasteiger partial charge in [0.15, 0.2) is 5.75 Å². The Morgan fingerprint density at radius 1 is 1.57 bits per heavy atom. The van der Waals surface area contributed by atoms with Crippen LogP contribution in [0.25, 0.3) is 0 Å². The summed E-state index contributed by atoms with van der Waals surface area (Å²) in [6, 6.07) is 3.01. The van der Waals surface area contributed by atoms with Crippen molar-refractivity contribution in [1.82, 2.24) is 10.3 Å². The largest absolute Gasteiger partial charge is 0.478 e. The van der Waals surface area contributed by atoms with Crippen LogP contribution < -0.4 is 14.8 Å². The van der Waals surface area contributed by atoms with Gasteiger partial charge >= 0.3 is 6.09 Å². The normalized spacial score (nSPS) is 9.36. The van der Waals surface area contributed by atoms with Gasteiger partial charge in [-0.25, -0.2) is 4.79 Å². The van der Waals surface area contributed by atoms with Crippen LogP contribution >= 0.6 is 11.6 Å². The fourth-order valence-corrected chi connectivity index (χ4v) is 0.920. The number of halogens is 1. The molecule has 0 aliphatic rings. The van der Waals surface area contributed by atoms with Crippen LogP contribution in [0.5, 0.6) is 11.6 Å². The van der Waals surface area contributed by atoms with Gasteiger partial charge in [0.1, 0.15) is 5.15 Å². The van der Waals surface area contributed by atoms with Gasteiger partial charge in [0.05, 0.1) is 7.11 Å². The third kappa shape index (κ3) is 2.50. The monoisotopic (exact) mass is 216 g/mol. The van der Waals surface area contributed by atoms with Crippen molar-refractivity contribution >= 4 is 17.7 Å². The highest BCUT2D eigenvalue weighted by Crippen LogP contribution is 2.26. The number of nitrogens with one attached hydrogen (secondary N) is 1. The Hall–Kier alpha value is -1.49. The van der Waals surface area contributed by atoms with Gasteiger partial charge in [-0.3, -0.25) is 0 Å². The van der Waals surface area contributed by atoms with Gasteiger partial charge in [0.25, 0.3) is 5.88 Å². The lowest BCUT2D eigenvalue weighted by atomic mass is 10.4. The molecular formula is C8H9ClN2O3. The average molecular weight is 217 g/mol. The van der Waals surface area contributed by atoms with Gasteiger partial charge in [0, 0.05) is 7.05 Å². The summed E-state index contributed by atoms with van der Waals surface area (Å²) < 4.78 is 9.72. The van der Waals surface area contributed by atoms with E-state index in [1.807, 2.05) is 0 Å². The second-order valence-electron chi connectivity index (χ2n) is 2.28. The van der Waals surface area contributed by atoms with E-state index in [0.29, 0.717) is 0 Å². The molecule has 1 rings (SSSR count). The Morgan fingerprint density at radius 3 is 2.86 bits per heavy atom. The topological polar surface area (TPSA) is 60.5 Å². The molecule has 0 aliphatic heterocycles. The summed E-state index contributed by atoms with van der Waals surface area (Å²) in [6.07, 6.45) is -0.590. The predicted molar refractivity (Wildman–Crippen MR) is 50.9 cm³/mol. The number of carbonyl (C=O) groups is 1. The maximum absolute atomic E-state index is 10.9. The second-order valence-corrected chi connectivity index (χ2v) is 2.67. The zero-order valence-corrected chi connectivity index (χ0v) is 8.46. The average Bonchev–Trinajstić information content (AvgIpc) is 2.20. The molecule has 1 N–H and O–H groups in total. The Labute approximate surface area is 86.0 Å². The minimum absolute atomic E-state index is 0.168. The molecule has 0 saturated heterocycles. The lowest BCUT2D eigenvalue weighted by Crippen LogP contribution is -2.22. The van der Waals surface area contributed by atoms with E-state index in [4.69, 9.17) is 21.1 Å². The van der Waals surface area contributed by atoms with Crippen LogP contribution in [0, 0.1) is 0 Å². The summed E-state index contributed by atoms with van der Waals surface area (Å²) in [5, 5.41) is 2.57. The summed E-state index contributed by atoms with van der Waals surface area (Å²) in [5.41, 5.74) is 0. The van der Waals surface area contributed by atoms with Gasteiger partial charge in [-0.2, -0.15) is 4.98 Å². The quantitative estimate of drug-likeness (QED) is 0.761.